The molecule has 0 saturated heterocycles. The van der Waals surface area contributed by atoms with Crippen LogP contribution in [0.1, 0.15) is 21.5 Å². The molecule has 84 valence electrons. The van der Waals surface area contributed by atoms with Crippen molar-refractivity contribution in [3.05, 3.63) is 28.8 Å². The molecule has 0 unspecified atom stereocenters. The first-order valence-corrected chi connectivity index (χ1v) is 5.31. The van der Waals surface area contributed by atoms with Crippen molar-refractivity contribution in [3.63, 3.8) is 0 Å². The van der Waals surface area contributed by atoms with Crippen molar-refractivity contribution in [3.8, 4) is 11.8 Å². The van der Waals surface area contributed by atoms with Crippen LogP contribution in [0.25, 0.3) is 0 Å². The molecule has 16 heavy (non-hydrogen) atoms. The minimum atomic E-state index is -0.404. The summed E-state index contributed by atoms with van der Waals surface area (Å²) < 4.78 is 4.67. The third-order valence-electron chi connectivity index (χ3n) is 2.16. The molecule has 0 aliphatic heterocycles. The fourth-order valence-electron chi connectivity index (χ4n) is 1.27. The van der Waals surface area contributed by atoms with Crippen LogP contribution < -0.4 is 5.73 Å². The Morgan fingerprint density at radius 2 is 2.25 bits per heavy atom. The van der Waals surface area contributed by atoms with Gasteiger partial charge in [0.25, 0.3) is 0 Å². The van der Waals surface area contributed by atoms with Crippen LogP contribution in [0.15, 0.2) is 12.1 Å². The Labute approximate surface area is 100 Å². The lowest BCUT2D eigenvalue weighted by Crippen LogP contribution is -2.06. The van der Waals surface area contributed by atoms with Gasteiger partial charge in [0.05, 0.1) is 18.4 Å². The van der Waals surface area contributed by atoms with Crippen LogP contribution >= 0.6 is 12.6 Å². The summed E-state index contributed by atoms with van der Waals surface area (Å²) in [4.78, 5) is 11.5. The van der Waals surface area contributed by atoms with Crippen LogP contribution in [0.2, 0.25) is 0 Å². The predicted molar refractivity (Wildman–Crippen MR) is 67.7 cm³/mol. The van der Waals surface area contributed by atoms with Gasteiger partial charge in [-0.2, -0.15) is 12.6 Å². The van der Waals surface area contributed by atoms with Crippen molar-refractivity contribution in [1.82, 2.24) is 0 Å². The highest BCUT2D eigenvalue weighted by atomic mass is 32.1. The van der Waals surface area contributed by atoms with Crippen LogP contribution in [0.3, 0.4) is 0 Å². The van der Waals surface area contributed by atoms with E-state index in [0.717, 1.165) is 0 Å². The zero-order valence-corrected chi connectivity index (χ0v) is 10.1. The molecule has 3 nitrogen and oxygen atoms in total. The molecule has 0 spiro atoms. The molecule has 0 aliphatic carbocycles. The Hall–Kier alpha value is -1.60. The second-order valence-corrected chi connectivity index (χ2v) is 3.51. The van der Waals surface area contributed by atoms with E-state index in [2.05, 4.69) is 29.2 Å². The Balaban J connectivity index is 3.27. The van der Waals surface area contributed by atoms with E-state index in [1.807, 2.05) is 0 Å². The third kappa shape index (κ3) is 2.71. The van der Waals surface area contributed by atoms with Gasteiger partial charge in [-0.1, -0.05) is 11.8 Å². The van der Waals surface area contributed by atoms with Gasteiger partial charge in [0.15, 0.2) is 0 Å². The zero-order valence-electron chi connectivity index (χ0n) is 9.20. The molecule has 0 aromatic heterocycles. The average Bonchev–Trinajstić information content (AvgIpc) is 2.29. The van der Waals surface area contributed by atoms with Crippen molar-refractivity contribution >= 4 is 24.3 Å². The maximum Gasteiger partial charge on any atom is 0.338 e. The summed E-state index contributed by atoms with van der Waals surface area (Å²) in [6.45, 7) is 1.78. The lowest BCUT2D eigenvalue weighted by Gasteiger charge is -2.07. The number of methoxy groups -OCH3 is 1. The summed E-state index contributed by atoms with van der Waals surface area (Å²) in [7, 11) is 1.34. The zero-order chi connectivity index (χ0) is 12.1. The fraction of sp³-hybridized carbons (Fsp3) is 0.250. The van der Waals surface area contributed by atoms with Crippen molar-refractivity contribution < 1.29 is 9.53 Å². The molecule has 4 heteroatoms. The van der Waals surface area contributed by atoms with Crippen LogP contribution in [0.5, 0.6) is 0 Å². The van der Waals surface area contributed by atoms with Crippen molar-refractivity contribution in [2.45, 2.75) is 6.92 Å². The Kier molecular flexibility index (Phi) is 4.27. The molecule has 0 fully saturated rings. The van der Waals surface area contributed by atoms with E-state index in [1.165, 1.54) is 7.11 Å². The monoisotopic (exact) mass is 235 g/mol. The second-order valence-electron chi connectivity index (χ2n) is 3.19. The summed E-state index contributed by atoms with van der Waals surface area (Å²) >= 11 is 3.99. The predicted octanol–water partition coefficient (Wildman–Crippen LogP) is 1.65. The van der Waals surface area contributed by atoms with Gasteiger partial charge in [0.1, 0.15) is 0 Å². The summed E-state index contributed by atoms with van der Waals surface area (Å²) in [5, 5.41) is 0. The van der Waals surface area contributed by atoms with E-state index in [4.69, 9.17) is 5.73 Å². The van der Waals surface area contributed by atoms with Crippen LogP contribution in [0.4, 0.5) is 5.69 Å². The van der Waals surface area contributed by atoms with Crippen LogP contribution in [0, 0.1) is 18.8 Å². The molecule has 0 heterocycles. The van der Waals surface area contributed by atoms with E-state index in [9.17, 15) is 4.79 Å². The first kappa shape index (κ1) is 12.5. The number of ether oxygens (including phenoxy) is 1. The number of hydrogen-bond acceptors (Lipinski definition) is 4. The third-order valence-corrected chi connectivity index (χ3v) is 2.32. The number of benzene rings is 1. The molecule has 0 aliphatic rings. The first-order chi connectivity index (χ1) is 7.60. The molecule has 0 radical (unpaired) electrons. The average molecular weight is 235 g/mol. The number of rotatable bonds is 1. The Bertz CT molecular complexity index is 472. The largest absolute Gasteiger partial charge is 0.465 e. The van der Waals surface area contributed by atoms with Gasteiger partial charge in [0.2, 0.25) is 0 Å². The highest BCUT2D eigenvalue weighted by Crippen LogP contribution is 2.19. The SMILES string of the molecule is COC(=O)c1cc(C#CCS)cc(N)c1C. The molecule has 0 atom stereocenters. The number of nitrogen functional groups attached to an aromatic ring is 1. The lowest BCUT2D eigenvalue weighted by molar-refractivity contribution is 0.0600. The molecule has 2 N–H and O–H groups in total. The molecule has 1 aromatic rings. The van der Waals surface area contributed by atoms with E-state index < -0.39 is 5.97 Å². The number of anilines is 1. The molecule has 0 bridgehead atoms. The number of nitrogens with two attached hydrogens (primary N) is 1. The van der Waals surface area contributed by atoms with Gasteiger partial charge in [-0.25, -0.2) is 4.79 Å². The maximum absolute atomic E-state index is 11.5. The molecular weight excluding hydrogens is 222 g/mol. The minimum Gasteiger partial charge on any atom is -0.465 e. The van der Waals surface area contributed by atoms with Gasteiger partial charge in [-0.05, 0) is 24.6 Å². The second kappa shape index (κ2) is 5.47. The van der Waals surface area contributed by atoms with Gasteiger partial charge in [-0.3, -0.25) is 0 Å². The summed E-state index contributed by atoms with van der Waals surface area (Å²) in [5.74, 6) is 5.73. The highest BCUT2D eigenvalue weighted by molar-refractivity contribution is 7.80. The smallest absolute Gasteiger partial charge is 0.338 e. The Morgan fingerprint density at radius 1 is 1.56 bits per heavy atom. The highest BCUT2D eigenvalue weighted by Gasteiger charge is 2.12. The standard InChI is InChI=1S/C12H13NO2S/c1-8-10(12(14)15-2)6-9(4-3-5-16)7-11(8)13/h6-7,16H,5,13H2,1-2H3. The molecule has 0 amide bonds. The lowest BCUT2D eigenvalue weighted by atomic mass is 10.0. The van der Waals surface area contributed by atoms with Gasteiger partial charge in [-0.15, -0.1) is 0 Å². The van der Waals surface area contributed by atoms with Crippen molar-refractivity contribution in [1.29, 1.82) is 0 Å². The van der Waals surface area contributed by atoms with Gasteiger partial charge in [0, 0.05) is 11.3 Å². The quantitative estimate of drug-likeness (QED) is 0.337. The fourth-order valence-corrected chi connectivity index (χ4v) is 1.35. The number of esters is 1. The number of thiol groups is 1. The molecule has 0 saturated carbocycles. The number of carbonyl (C=O) groups excluding carboxylic acids is 1. The molecule has 1 aromatic carbocycles. The van der Waals surface area contributed by atoms with Crippen molar-refractivity contribution in [2.24, 2.45) is 0 Å². The number of hydrogen-bond donors (Lipinski definition) is 2. The first-order valence-electron chi connectivity index (χ1n) is 4.68. The normalized spacial score (nSPS) is 9.19. The van der Waals surface area contributed by atoms with Crippen LogP contribution in [-0.4, -0.2) is 18.8 Å². The van der Waals surface area contributed by atoms with E-state index >= 15 is 0 Å². The van der Waals surface area contributed by atoms with Gasteiger partial charge >= 0.3 is 5.97 Å². The topological polar surface area (TPSA) is 52.3 Å². The Morgan fingerprint density at radius 3 is 2.81 bits per heavy atom. The maximum atomic E-state index is 11.5. The number of carbonyl (C=O) groups is 1. The molecule has 1 rings (SSSR count). The summed E-state index contributed by atoms with van der Waals surface area (Å²) in [5.41, 5.74) is 8.18. The summed E-state index contributed by atoms with van der Waals surface area (Å²) in [6, 6.07) is 3.41. The summed E-state index contributed by atoms with van der Waals surface area (Å²) in [6.07, 6.45) is 0. The van der Waals surface area contributed by atoms with Crippen LogP contribution in [-0.2, 0) is 4.74 Å². The van der Waals surface area contributed by atoms with Crippen molar-refractivity contribution in [2.75, 3.05) is 18.6 Å². The van der Waals surface area contributed by atoms with E-state index in [1.54, 1.807) is 19.1 Å². The minimum absolute atomic E-state index is 0.404. The van der Waals surface area contributed by atoms with E-state index in [0.29, 0.717) is 28.1 Å². The van der Waals surface area contributed by atoms with Gasteiger partial charge < -0.3 is 10.5 Å². The molecular formula is C12H13NO2S. The van der Waals surface area contributed by atoms with E-state index in [-0.39, 0.29) is 0 Å².